The summed E-state index contributed by atoms with van der Waals surface area (Å²) in [6.45, 7) is 0. The third kappa shape index (κ3) is 4.51. The van der Waals surface area contributed by atoms with Gasteiger partial charge >= 0.3 is 0 Å². The molecule has 10 aromatic rings. The number of hydrogen-bond donors (Lipinski definition) is 2. The molecule has 4 heterocycles. The predicted molar refractivity (Wildman–Crippen MR) is 218 cm³/mol. The van der Waals surface area contributed by atoms with E-state index in [-0.39, 0.29) is 12.3 Å². The summed E-state index contributed by atoms with van der Waals surface area (Å²) in [5.41, 5.74) is 6.92. The average molecular weight is 691 g/mol. The number of para-hydroxylation sites is 2. The third-order valence-corrected chi connectivity index (χ3v) is 12.9. The van der Waals surface area contributed by atoms with Gasteiger partial charge in [0, 0.05) is 58.5 Å². The first-order chi connectivity index (χ1) is 25.3. The van der Waals surface area contributed by atoms with Gasteiger partial charge in [-0.3, -0.25) is 5.32 Å². The minimum atomic E-state index is -0.219. The van der Waals surface area contributed by atoms with Gasteiger partial charge in [-0.2, -0.15) is 0 Å². The minimum Gasteiger partial charge on any atom is -0.350 e. The van der Waals surface area contributed by atoms with E-state index in [4.69, 9.17) is 4.99 Å². The van der Waals surface area contributed by atoms with Crippen LogP contribution in [0.2, 0.25) is 0 Å². The van der Waals surface area contributed by atoms with E-state index in [1.54, 1.807) is 0 Å². The summed E-state index contributed by atoms with van der Waals surface area (Å²) >= 11 is 3.81. The number of hydrogen-bond acceptors (Lipinski definition) is 5. The molecule has 7 aromatic carbocycles. The minimum absolute atomic E-state index is 0.158. The number of aliphatic imine (C=N–C) groups is 1. The highest BCUT2D eigenvalue weighted by Crippen LogP contribution is 2.46. The molecule has 2 atom stereocenters. The molecule has 6 heteroatoms. The van der Waals surface area contributed by atoms with Crippen LogP contribution >= 0.6 is 22.7 Å². The van der Waals surface area contributed by atoms with Crippen LogP contribution < -0.4 is 10.6 Å². The maximum absolute atomic E-state index is 5.32. The molecule has 4 nitrogen and oxygen atoms in total. The molecule has 242 valence electrons. The van der Waals surface area contributed by atoms with Crippen LogP contribution in [-0.4, -0.2) is 10.4 Å². The number of aromatic nitrogens is 1. The molecular weight excluding hydrogens is 661 g/mol. The highest BCUT2D eigenvalue weighted by Gasteiger charge is 2.28. The first-order valence-corrected chi connectivity index (χ1v) is 18.9. The maximum atomic E-state index is 5.32. The normalized spacial score (nSPS) is 16.4. The zero-order valence-electron chi connectivity index (χ0n) is 27.4. The van der Waals surface area contributed by atoms with Crippen molar-refractivity contribution in [1.29, 1.82) is 0 Å². The van der Waals surface area contributed by atoms with Crippen molar-refractivity contribution in [2.24, 2.45) is 4.99 Å². The van der Waals surface area contributed by atoms with Crippen molar-refractivity contribution in [1.82, 2.24) is 15.2 Å². The van der Waals surface area contributed by atoms with Gasteiger partial charge in [-0.15, -0.1) is 22.7 Å². The first kappa shape index (κ1) is 29.0. The molecule has 1 aliphatic rings. The van der Waals surface area contributed by atoms with Crippen molar-refractivity contribution in [2.45, 2.75) is 12.3 Å². The molecule has 0 aliphatic carbocycles. The zero-order chi connectivity index (χ0) is 33.5. The second-order valence-corrected chi connectivity index (χ2v) is 15.3. The number of nitrogens with zero attached hydrogens (tertiary/aromatic N) is 2. The van der Waals surface area contributed by atoms with Crippen LogP contribution in [0, 0.1) is 0 Å². The Morgan fingerprint density at radius 3 is 1.94 bits per heavy atom. The molecule has 1 aliphatic heterocycles. The summed E-state index contributed by atoms with van der Waals surface area (Å²) in [6, 6.07) is 56.8. The van der Waals surface area contributed by atoms with E-state index in [2.05, 4.69) is 173 Å². The van der Waals surface area contributed by atoms with Crippen molar-refractivity contribution in [3.8, 4) is 5.69 Å². The molecule has 0 radical (unpaired) electrons. The highest BCUT2D eigenvalue weighted by molar-refractivity contribution is 7.33. The van der Waals surface area contributed by atoms with Crippen LogP contribution in [0.3, 0.4) is 0 Å². The van der Waals surface area contributed by atoms with Gasteiger partial charge in [0.2, 0.25) is 0 Å². The highest BCUT2D eigenvalue weighted by atomic mass is 32.1. The molecule has 0 fully saturated rings. The predicted octanol–water partition coefficient (Wildman–Crippen LogP) is 11.9. The van der Waals surface area contributed by atoms with Gasteiger partial charge in [0.25, 0.3) is 0 Å². The fourth-order valence-electron chi connectivity index (χ4n) is 7.95. The lowest BCUT2D eigenvalue weighted by Gasteiger charge is -2.32. The van der Waals surface area contributed by atoms with E-state index in [9.17, 15) is 0 Å². The van der Waals surface area contributed by atoms with Gasteiger partial charge < -0.3 is 9.88 Å². The van der Waals surface area contributed by atoms with Crippen LogP contribution in [-0.2, 0) is 0 Å². The lowest BCUT2D eigenvalue weighted by molar-refractivity contribution is 0.411. The number of amidine groups is 1. The van der Waals surface area contributed by atoms with Gasteiger partial charge in [0.1, 0.15) is 18.2 Å². The monoisotopic (exact) mass is 690 g/mol. The van der Waals surface area contributed by atoms with Gasteiger partial charge in [-0.25, -0.2) is 4.99 Å². The second kappa shape index (κ2) is 11.4. The van der Waals surface area contributed by atoms with Crippen LogP contribution in [0.25, 0.3) is 67.8 Å². The van der Waals surface area contributed by atoms with Crippen LogP contribution in [0.15, 0.2) is 163 Å². The Balaban J connectivity index is 1.06. The summed E-state index contributed by atoms with van der Waals surface area (Å²) in [4.78, 5) is 5.32. The molecule has 0 saturated carbocycles. The second-order valence-electron chi connectivity index (χ2n) is 13.2. The van der Waals surface area contributed by atoms with Gasteiger partial charge in [0.15, 0.2) is 0 Å². The van der Waals surface area contributed by atoms with E-state index in [1.807, 2.05) is 22.7 Å². The summed E-state index contributed by atoms with van der Waals surface area (Å²) in [5, 5.41) is 15.5. The summed E-state index contributed by atoms with van der Waals surface area (Å²) in [6.07, 6.45) is -0.377. The standard InChI is InChI=1S/C45H30N4S2/c1-2-12-27(13-3-1)43-46-44(28-14-10-15-29(26-28)49-37-21-7-4-16-30(37)31-17-5-8-22-38(31)49)48-45(47-43)36-20-11-19-33-35-25-24-34-32-18-6-9-23-39(32)50-41(34)42(35)51-40(33)36/h1-26,43,45,47H,(H,46,48). The number of benzene rings is 7. The van der Waals surface area contributed by atoms with Crippen molar-refractivity contribution < 1.29 is 0 Å². The molecule has 0 bridgehead atoms. The van der Waals surface area contributed by atoms with E-state index in [1.165, 1.54) is 67.7 Å². The fourth-order valence-corrected chi connectivity index (χ4v) is 10.6. The Kier molecular flexibility index (Phi) is 6.46. The zero-order valence-corrected chi connectivity index (χ0v) is 29.0. The molecular formula is C45H30N4S2. The number of nitrogens with one attached hydrogen (secondary N) is 2. The van der Waals surface area contributed by atoms with Crippen LogP contribution in [0.5, 0.6) is 0 Å². The van der Waals surface area contributed by atoms with Gasteiger partial charge in [-0.05, 0) is 35.9 Å². The van der Waals surface area contributed by atoms with Crippen molar-refractivity contribution in [3.05, 3.63) is 174 Å². The molecule has 0 amide bonds. The summed E-state index contributed by atoms with van der Waals surface area (Å²) in [5.74, 6) is 0.875. The quantitative estimate of drug-likeness (QED) is 0.193. The molecule has 0 spiro atoms. The van der Waals surface area contributed by atoms with Crippen molar-refractivity contribution in [2.75, 3.05) is 0 Å². The maximum Gasteiger partial charge on any atom is 0.131 e. The number of rotatable bonds is 4. The Labute approximate surface area is 301 Å². The van der Waals surface area contributed by atoms with E-state index >= 15 is 0 Å². The summed E-state index contributed by atoms with van der Waals surface area (Å²) < 4.78 is 7.74. The smallest absolute Gasteiger partial charge is 0.131 e. The Hall–Kier alpha value is -5.79. The molecule has 0 saturated heterocycles. The number of thiophene rings is 2. The van der Waals surface area contributed by atoms with E-state index in [0.29, 0.717) is 0 Å². The summed E-state index contributed by atoms with van der Waals surface area (Å²) in [7, 11) is 0. The largest absolute Gasteiger partial charge is 0.350 e. The van der Waals surface area contributed by atoms with Gasteiger partial charge in [-0.1, -0.05) is 127 Å². The third-order valence-electron chi connectivity index (χ3n) is 10.3. The SMILES string of the molecule is c1ccc(C2N=C(c3cccc(-n4c5ccccc5c5ccccc54)c3)NC(c3cccc4c3sc3c4ccc4c5ccccc5sc43)N2)cc1. The molecule has 3 aromatic heterocycles. The topological polar surface area (TPSA) is 41.4 Å². The number of fused-ring (bicyclic) bond motifs is 10. The lowest BCUT2D eigenvalue weighted by atomic mass is 10.0. The van der Waals surface area contributed by atoms with Gasteiger partial charge in [0.05, 0.1) is 20.4 Å². The Morgan fingerprint density at radius 1 is 0.510 bits per heavy atom. The molecule has 11 rings (SSSR count). The molecule has 2 unspecified atom stereocenters. The Morgan fingerprint density at radius 2 is 1.14 bits per heavy atom. The van der Waals surface area contributed by atoms with Crippen LogP contribution in [0.1, 0.15) is 29.0 Å². The Bertz CT molecular complexity index is 2950. The average Bonchev–Trinajstić information content (AvgIpc) is 3.88. The molecule has 2 N–H and O–H groups in total. The van der Waals surface area contributed by atoms with E-state index < -0.39 is 0 Å². The lowest BCUT2D eigenvalue weighted by Crippen LogP contribution is -2.45. The van der Waals surface area contributed by atoms with Crippen molar-refractivity contribution >= 4 is 90.7 Å². The first-order valence-electron chi connectivity index (χ1n) is 17.3. The fraction of sp³-hybridized carbons (Fsp3) is 0.0444. The van der Waals surface area contributed by atoms with Crippen molar-refractivity contribution in [3.63, 3.8) is 0 Å². The van der Waals surface area contributed by atoms with Crippen LogP contribution in [0.4, 0.5) is 0 Å². The molecule has 51 heavy (non-hydrogen) atoms. The van der Waals surface area contributed by atoms with E-state index in [0.717, 1.165) is 22.6 Å².